The number of ether oxygens (including phenoxy) is 2. The average Bonchev–Trinajstić information content (AvgIpc) is 2.63. The highest BCUT2D eigenvalue weighted by atomic mass is 127. The summed E-state index contributed by atoms with van der Waals surface area (Å²) in [7, 11) is -1.89. The molecule has 1 aromatic rings. The molecule has 0 saturated carbocycles. The predicted molar refractivity (Wildman–Crippen MR) is 145 cm³/mol. The third-order valence-corrected chi connectivity index (χ3v) is 12.1. The summed E-state index contributed by atoms with van der Waals surface area (Å²) in [6.45, 7) is 17.9. The maximum atomic E-state index is 11.9. The Hall–Kier alpha value is -0.0631. The van der Waals surface area contributed by atoms with Crippen molar-refractivity contribution in [3.05, 3.63) is 33.8 Å². The van der Waals surface area contributed by atoms with E-state index in [1.54, 1.807) is 6.07 Å². The van der Waals surface area contributed by atoms with Gasteiger partial charge >= 0.3 is 6.09 Å². The van der Waals surface area contributed by atoms with Gasteiger partial charge in [0.05, 0.1) is 16.7 Å². The van der Waals surface area contributed by atoms with Crippen LogP contribution in [0.1, 0.15) is 53.5 Å². The number of carbonyl (C=O) groups is 1. The first-order chi connectivity index (χ1) is 14.5. The molecule has 0 radical (unpaired) electrons. The van der Waals surface area contributed by atoms with Crippen LogP contribution in [0.3, 0.4) is 0 Å². The van der Waals surface area contributed by atoms with Gasteiger partial charge in [0, 0.05) is 24.0 Å². The molecule has 0 aliphatic rings. The number of alkyl halides is 1. The lowest BCUT2D eigenvalue weighted by Crippen LogP contribution is -2.43. The second-order valence-electron chi connectivity index (χ2n) is 10.4. The zero-order valence-corrected chi connectivity index (χ0v) is 25.2. The normalized spacial score (nSPS) is 14.7. The number of benzene rings is 1. The third-order valence-electron chi connectivity index (χ3n) is 5.59. The van der Waals surface area contributed by atoms with Crippen LogP contribution in [-0.2, 0) is 19.5 Å². The van der Waals surface area contributed by atoms with Crippen molar-refractivity contribution in [3.63, 3.8) is 0 Å². The first-order valence-corrected chi connectivity index (χ1v) is 16.0. The molecule has 0 aliphatic heterocycles. The molecule has 1 N–H and O–H groups in total. The molecule has 1 atom stereocenters. The smallest absolute Gasteiger partial charge is 0.407 e. The van der Waals surface area contributed by atoms with E-state index in [2.05, 4.69) is 61.8 Å². The van der Waals surface area contributed by atoms with E-state index in [1.165, 1.54) is 0 Å². The molecule has 0 aromatic heterocycles. The van der Waals surface area contributed by atoms with Gasteiger partial charge in [-0.3, -0.25) is 0 Å². The molecule has 0 bridgehead atoms. The molecule has 1 unspecified atom stereocenters. The second kappa shape index (κ2) is 12.1. The van der Waals surface area contributed by atoms with Crippen LogP contribution in [0.2, 0.25) is 28.2 Å². The average molecular weight is 618 g/mol. The molecule has 1 amide bonds. The van der Waals surface area contributed by atoms with Crippen LogP contribution in [0.25, 0.3) is 0 Å². The van der Waals surface area contributed by atoms with E-state index in [4.69, 9.17) is 37.1 Å². The first kappa shape index (κ1) is 30.0. The number of nitrogens with one attached hydrogen (secondary N) is 1. The van der Waals surface area contributed by atoms with Crippen molar-refractivity contribution in [1.82, 2.24) is 5.32 Å². The molecule has 1 aromatic carbocycles. The van der Waals surface area contributed by atoms with Crippen LogP contribution >= 0.6 is 45.8 Å². The summed E-state index contributed by atoms with van der Waals surface area (Å²) in [4.78, 5) is 11.9. The highest BCUT2D eigenvalue weighted by molar-refractivity contribution is 14.1. The molecule has 1 rings (SSSR count). The third kappa shape index (κ3) is 9.29. The summed E-state index contributed by atoms with van der Waals surface area (Å²) >= 11 is 14.8. The summed E-state index contributed by atoms with van der Waals surface area (Å²) in [6, 6.07) is 5.59. The Morgan fingerprint density at radius 2 is 1.69 bits per heavy atom. The number of amides is 1. The molecule has 0 fully saturated rings. The van der Waals surface area contributed by atoms with Crippen molar-refractivity contribution in [2.75, 3.05) is 24.2 Å². The van der Waals surface area contributed by atoms with Gasteiger partial charge in [0.2, 0.25) is 0 Å². The van der Waals surface area contributed by atoms with Gasteiger partial charge in [0.1, 0.15) is 11.2 Å². The van der Waals surface area contributed by atoms with Gasteiger partial charge in [-0.1, -0.05) is 72.6 Å². The topological polar surface area (TPSA) is 56.8 Å². The van der Waals surface area contributed by atoms with E-state index >= 15 is 0 Å². The van der Waals surface area contributed by atoms with Crippen LogP contribution in [0.5, 0.6) is 0 Å². The van der Waals surface area contributed by atoms with Gasteiger partial charge in [-0.05, 0) is 56.6 Å². The number of hydrogen-bond donors (Lipinski definition) is 1. The summed E-state index contributed by atoms with van der Waals surface area (Å²) < 4.78 is 18.8. The van der Waals surface area contributed by atoms with Crippen molar-refractivity contribution in [2.45, 2.75) is 77.3 Å². The van der Waals surface area contributed by atoms with E-state index in [9.17, 15) is 4.79 Å². The van der Waals surface area contributed by atoms with Crippen molar-refractivity contribution >= 4 is 60.2 Å². The Morgan fingerprint density at radius 3 is 2.19 bits per heavy atom. The minimum atomic E-state index is -1.89. The molecule has 9 heteroatoms. The Morgan fingerprint density at radius 1 is 1.06 bits per heavy atom. The Kier molecular flexibility index (Phi) is 11.3. The minimum absolute atomic E-state index is 0.127. The molecular weight excluding hydrogens is 580 g/mol. The Bertz CT molecular complexity index is 765. The van der Waals surface area contributed by atoms with E-state index in [0.717, 1.165) is 5.56 Å². The number of halogens is 3. The van der Waals surface area contributed by atoms with Crippen molar-refractivity contribution in [2.24, 2.45) is 0 Å². The molecule has 32 heavy (non-hydrogen) atoms. The SMILES string of the molecule is CC(C)(C)OC(=O)NCCOC(CI)(CCO[Si](C)(C)C(C)(C)C)c1ccc(Cl)c(Cl)c1. The molecule has 184 valence electrons. The lowest BCUT2D eigenvalue weighted by molar-refractivity contribution is -0.0433. The minimum Gasteiger partial charge on any atom is -0.444 e. The van der Waals surface area contributed by atoms with E-state index < -0.39 is 25.6 Å². The quantitative estimate of drug-likeness (QED) is 0.127. The summed E-state index contributed by atoms with van der Waals surface area (Å²) in [5.41, 5.74) is -0.220. The predicted octanol–water partition coefficient (Wildman–Crippen LogP) is 7.58. The number of rotatable bonds is 10. The molecule has 0 aliphatic carbocycles. The van der Waals surface area contributed by atoms with Gasteiger partial charge in [0.15, 0.2) is 8.32 Å². The molecular formula is C23H38Cl2INO4Si. The number of carbonyl (C=O) groups excluding carboxylic acids is 1. The fourth-order valence-corrected chi connectivity index (χ4v) is 5.05. The fraction of sp³-hybridized carbons (Fsp3) is 0.696. The Labute approximate surface area is 218 Å². The lowest BCUT2D eigenvalue weighted by Gasteiger charge is -2.38. The van der Waals surface area contributed by atoms with Crippen molar-refractivity contribution < 1.29 is 18.7 Å². The zero-order chi connectivity index (χ0) is 24.8. The maximum Gasteiger partial charge on any atom is 0.407 e. The fourth-order valence-electron chi connectivity index (χ4n) is 2.66. The Balaban J connectivity index is 2.94. The second-order valence-corrected chi connectivity index (χ2v) is 16.8. The molecule has 0 saturated heterocycles. The zero-order valence-electron chi connectivity index (χ0n) is 20.5. The highest BCUT2D eigenvalue weighted by Crippen LogP contribution is 2.39. The molecule has 5 nitrogen and oxygen atoms in total. The van der Waals surface area contributed by atoms with Crippen molar-refractivity contribution in [1.29, 1.82) is 0 Å². The van der Waals surface area contributed by atoms with Crippen LogP contribution < -0.4 is 5.32 Å². The van der Waals surface area contributed by atoms with Crippen LogP contribution in [-0.4, -0.2) is 44.2 Å². The van der Waals surface area contributed by atoms with Crippen LogP contribution in [0, 0.1) is 0 Å². The van der Waals surface area contributed by atoms with Gasteiger partial charge in [-0.15, -0.1) is 0 Å². The largest absolute Gasteiger partial charge is 0.444 e. The van der Waals surface area contributed by atoms with Crippen LogP contribution in [0.15, 0.2) is 18.2 Å². The van der Waals surface area contributed by atoms with E-state index in [-0.39, 0.29) is 5.04 Å². The molecule has 0 spiro atoms. The lowest BCUT2D eigenvalue weighted by atomic mass is 9.92. The maximum absolute atomic E-state index is 11.9. The van der Waals surface area contributed by atoms with E-state index in [1.807, 2.05) is 32.9 Å². The van der Waals surface area contributed by atoms with E-state index in [0.29, 0.717) is 40.7 Å². The van der Waals surface area contributed by atoms with Crippen molar-refractivity contribution in [3.8, 4) is 0 Å². The number of hydrogen-bond acceptors (Lipinski definition) is 4. The van der Waals surface area contributed by atoms with Gasteiger partial charge < -0.3 is 19.2 Å². The monoisotopic (exact) mass is 617 g/mol. The standard InChI is InChI=1S/C23H38Cl2INO4Si/c1-21(2,3)31-20(28)27-12-14-29-23(16-26,17-9-10-18(24)19(25)15-17)11-13-30-32(7,8)22(4,5)6/h9-10,15H,11-14,16H2,1-8H3,(H,27,28). The first-order valence-electron chi connectivity index (χ1n) is 10.8. The highest BCUT2D eigenvalue weighted by Gasteiger charge is 2.39. The van der Waals surface area contributed by atoms with Gasteiger partial charge in [-0.25, -0.2) is 4.79 Å². The van der Waals surface area contributed by atoms with Crippen LogP contribution in [0.4, 0.5) is 4.79 Å². The summed E-state index contributed by atoms with van der Waals surface area (Å²) in [5, 5.41) is 3.86. The number of alkyl carbamates (subject to hydrolysis) is 1. The van der Waals surface area contributed by atoms with Gasteiger partial charge in [0.25, 0.3) is 0 Å². The summed E-state index contributed by atoms with van der Waals surface area (Å²) in [5.74, 6) is 0. The summed E-state index contributed by atoms with van der Waals surface area (Å²) in [6.07, 6.45) is 0.198. The molecule has 0 heterocycles. The van der Waals surface area contributed by atoms with Gasteiger partial charge in [-0.2, -0.15) is 0 Å².